The van der Waals surface area contributed by atoms with Crippen molar-refractivity contribution < 1.29 is 14.3 Å². The molecule has 0 saturated carbocycles. The summed E-state index contributed by atoms with van der Waals surface area (Å²) in [7, 11) is 3.97. The van der Waals surface area contributed by atoms with E-state index in [1.807, 2.05) is 43.3 Å². The number of fused-ring (bicyclic) bond motifs is 1. The van der Waals surface area contributed by atoms with Gasteiger partial charge in [-0.1, -0.05) is 12.1 Å². The summed E-state index contributed by atoms with van der Waals surface area (Å²) in [5, 5.41) is 3.99. The van der Waals surface area contributed by atoms with Crippen molar-refractivity contribution in [3.8, 4) is 11.5 Å². The fourth-order valence-electron chi connectivity index (χ4n) is 2.27. The number of ether oxygens (including phenoxy) is 2. The van der Waals surface area contributed by atoms with Crippen molar-refractivity contribution in [1.29, 1.82) is 0 Å². The second kappa shape index (κ2) is 7.04. The molecule has 3 rings (SSSR count). The highest BCUT2D eigenvalue weighted by Gasteiger charge is 2.14. The van der Waals surface area contributed by atoms with Crippen LogP contribution in [0.3, 0.4) is 0 Å². The van der Waals surface area contributed by atoms with Crippen LogP contribution in [-0.4, -0.2) is 39.4 Å². The molecule has 1 heterocycles. The van der Waals surface area contributed by atoms with Crippen molar-refractivity contribution in [3.05, 3.63) is 53.6 Å². The van der Waals surface area contributed by atoms with Crippen LogP contribution < -0.4 is 19.8 Å². The minimum Gasteiger partial charge on any atom is -0.486 e. The van der Waals surface area contributed by atoms with Gasteiger partial charge in [0.05, 0.1) is 6.21 Å². The van der Waals surface area contributed by atoms with Gasteiger partial charge in [-0.25, -0.2) is 5.43 Å². The van der Waals surface area contributed by atoms with Crippen LogP contribution in [0.15, 0.2) is 47.6 Å². The minimum absolute atomic E-state index is 0.298. The van der Waals surface area contributed by atoms with E-state index >= 15 is 0 Å². The number of rotatable bonds is 4. The average molecular weight is 325 g/mol. The second-order valence-corrected chi connectivity index (χ2v) is 5.54. The molecule has 0 bridgehead atoms. The van der Waals surface area contributed by atoms with Gasteiger partial charge in [-0.05, 0) is 35.9 Å². The zero-order valence-corrected chi connectivity index (χ0v) is 13.7. The maximum atomic E-state index is 12.1. The Labute approximate surface area is 140 Å². The average Bonchev–Trinajstić information content (AvgIpc) is 2.61. The zero-order valence-electron chi connectivity index (χ0n) is 13.7. The van der Waals surface area contributed by atoms with Crippen molar-refractivity contribution in [2.24, 2.45) is 5.10 Å². The maximum absolute atomic E-state index is 12.1. The molecule has 1 N–H and O–H groups in total. The lowest BCUT2D eigenvalue weighted by molar-refractivity contribution is 0.0954. The van der Waals surface area contributed by atoms with Gasteiger partial charge in [0.15, 0.2) is 11.5 Å². The summed E-state index contributed by atoms with van der Waals surface area (Å²) >= 11 is 0. The number of nitrogens with zero attached hydrogens (tertiary/aromatic N) is 2. The highest BCUT2D eigenvalue weighted by atomic mass is 16.6. The predicted octanol–water partition coefficient (Wildman–Crippen LogP) is 2.29. The van der Waals surface area contributed by atoms with E-state index in [0.717, 1.165) is 11.3 Å². The summed E-state index contributed by atoms with van der Waals surface area (Å²) in [4.78, 5) is 14.2. The topological polar surface area (TPSA) is 63.2 Å². The largest absolute Gasteiger partial charge is 0.486 e. The third-order valence-corrected chi connectivity index (χ3v) is 3.59. The molecule has 6 nitrogen and oxygen atoms in total. The van der Waals surface area contributed by atoms with E-state index in [2.05, 4.69) is 10.5 Å². The van der Waals surface area contributed by atoms with Gasteiger partial charge in [-0.3, -0.25) is 4.79 Å². The summed E-state index contributed by atoms with van der Waals surface area (Å²) in [6.45, 7) is 1.01. The standard InChI is InChI=1S/C18H19N3O3/c1-21(2)15-6-3-13(4-7-15)12-19-20-18(22)14-5-8-16-17(11-14)24-10-9-23-16/h3-8,11-12H,9-10H2,1-2H3,(H,20,22)/b19-12-. The van der Waals surface area contributed by atoms with Gasteiger partial charge in [0, 0.05) is 25.3 Å². The molecule has 1 aliphatic rings. The first-order valence-corrected chi connectivity index (χ1v) is 7.64. The molecule has 0 spiro atoms. The fourth-order valence-corrected chi connectivity index (χ4v) is 2.27. The number of carbonyl (C=O) groups is 1. The quantitative estimate of drug-likeness (QED) is 0.692. The van der Waals surface area contributed by atoms with Crippen LogP contribution in [0.25, 0.3) is 0 Å². The molecular weight excluding hydrogens is 306 g/mol. The van der Waals surface area contributed by atoms with Crippen molar-refractivity contribution in [1.82, 2.24) is 5.43 Å². The first kappa shape index (κ1) is 15.9. The Morgan fingerprint density at radius 1 is 1.08 bits per heavy atom. The number of hydrogen-bond acceptors (Lipinski definition) is 5. The molecule has 0 aliphatic carbocycles. The molecule has 0 atom stereocenters. The van der Waals surface area contributed by atoms with Crippen molar-refractivity contribution in [3.63, 3.8) is 0 Å². The molecule has 2 aromatic rings. The molecule has 2 aromatic carbocycles. The summed E-state index contributed by atoms with van der Waals surface area (Å²) in [6, 6.07) is 12.9. The first-order valence-electron chi connectivity index (χ1n) is 7.64. The fraction of sp³-hybridized carbons (Fsp3) is 0.222. The molecule has 0 aromatic heterocycles. The van der Waals surface area contributed by atoms with E-state index in [0.29, 0.717) is 30.3 Å². The number of nitrogens with one attached hydrogen (secondary N) is 1. The highest BCUT2D eigenvalue weighted by molar-refractivity contribution is 5.95. The Morgan fingerprint density at radius 2 is 1.79 bits per heavy atom. The zero-order chi connectivity index (χ0) is 16.9. The molecule has 24 heavy (non-hydrogen) atoms. The Morgan fingerprint density at radius 3 is 2.50 bits per heavy atom. The summed E-state index contributed by atoms with van der Waals surface area (Å²) in [5.41, 5.74) is 5.00. The molecule has 1 amide bonds. The lowest BCUT2D eigenvalue weighted by Crippen LogP contribution is -2.19. The minimum atomic E-state index is -0.298. The smallest absolute Gasteiger partial charge is 0.271 e. The molecule has 0 saturated heterocycles. The SMILES string of the molecule is CN(C)c1ccc(/C=N\NC(=O)c2ccc3c(c2)OCCO3)cc1. The maximum Gasteiger partial charge on any atom is 0.271 e. The van der Waals surface area contributed by atoms with Gasteiger partial charge >= 0.3 is 0 Å². The third kappa shape index (κ3) is 3.65. The predicted molar refractivity (Wildman–Crippen MR) is 93.3 cm³/mol. The van der Waals surface area contributed by atoms with Crippen LogP contribution >= 0.6 is 0 Å². The molecule has 124 valence electrons. The van der Waals surface area contributed by atoms with Crippen LogP contribution in [0.1, 0.15) is 15.9 Å². The number of amides is 1. The van der Waals surface area contributed by atoms with Gasteiger partial charge < -0.3 is 14.4 Å². The molecule has 1 aliphatic heterocycles. The van der Waals surface area contributed by atoms with Gasteiger partial charge in [0.25, 0.3) is 5.91 Å². The summed E-state index contributed by atoms with van der Waals surface area (Å²) < 4.78 is 10.9. The number of anilines is 1. The van der Waals surface area contributed by atoms with Crippen molar-refractivity contribution >= 4 is 17.8 Å². The Bertz CT molecular complexity index is 755. The number of hydrazone groups is 1. The van der Waals surface area contributed by atoms with E-state index in [4.69, 9.17) is 9.47 Å². The van der Waals surface area contributed by atoms with E-state index in [1.54, 1.807) is 24.4 Å². The monoisotopic (exact) mass is 325 g/mol. The van der Waals surface area contributed by atoms with E-state index in [9.17, 15) is 4.79 Å². The normalized spacial score (nSPS) is 12.9. The van der Waals surface area contributed by atoms with E-state index < -0.39 is 0 Å². The second-order valence-electron chi connectivity index (χ2n) is 5.54. The first-order chi connectivity index (χ1) is 11.6. The van der Waals surface area contributed by atoms with Crippen LogP contribution in [0.4, 0.5) is 5.69 Å². The van der Waals surface area contributed by atoms with Gasteiger partial charge in [-0.2, -0.15) is 5.10 Å². The van der Waals surface area contributed by atoms with Crippen molar-refractivity contribution in [2.45, 2.75) is 0 Å². The molecule has 0 radical (unpaired) electrons. The van der Waals surface area contributed by atoms with Gasteiger partial charge in [0.1, 0.15) is 13.2 Å². The van der Waals surface area contributed by atoms with Crippen LogP contribution in [-0.2, 0) is 0 Å². The van der Waals surface area contributed by atoms with Crippen LogP contribution in [0.5, 0.6) is 11.5 Å². The van der Waals surface area contributed by atoms with E-state index in [1.165, 1.54) is 0 Å². The van der Waals surface area contributed by atoms with E-state index in [-0.39, 0.29) is 5.91 Å². The molecule has 6 heteroatoms. The number of benzene rings is 2. The van der Waals surface area contributed by atoms with Gasteiger partial charge in [-0.15, -0.1) is 0 Å². The molecule has 0 unspecified atom stereocenters. The number of carbonyl (C=O) groups excluding carboxylic acids is 1. The Hall–Kier alpha value is -3.02. The highest BCUT2D eigenvalue weighted by Crippen LogP contribution is 2.30. The Kier molecular flexibility index (Phi) is 4.65. The lowest BCUT2D eigenvalue weighted by atomic mass is 10.2. The van der Waals surface area contributed by atoms with Crippen LogP contribution in [0.2, 0.25) is 0 Å². The third-order valence-electron chi connectivity index (χ3n) is 3.59. The lowest BCUT2D eigenvalue weighted by Gasteiger charge is -2.18. The number of hydrogen-bond donors (Lipinski definition) is 1. The van der Waals surface area contributed by atoms with Gasteiger partial charge in [0.2, 0.25) is 0 Å². The van der Waals surface area contributed by atoms with Crippen LogP contribution in [0, 0.1) is 0 Å². The molecular formula is C18H19N3O3. The molecule has 0 fully saturated rings. The summed E-state index contributed by atoms with van der Waals surface area (Å²) in [6.07, 6.45) is 1.61. The summed E-state index contributed by atoms with van der Waals surface area (Å²) in [5.74, 6) is 0.938. The van der Waals surface area contributed by atoms with Crippen molar-refractivity contribution in [2.75, 3.05) is 32.2 Å². The Balaban J connectivity index is 1.62.